The molecule has 2 atom stereocenters. The molecular formula is C10H21N2O. The monoisotopic (exact) mass is 185 g/mol. The molecule has 1 aliphatic rings. The standard InChI is InChI=1S/C10H21N2O/c1-8(11)7-12-5-3-10(4-6-12)9(2)13/h8-10,13H,2-7,11H2,1H3. The number of nitrogens with zero attached hydrogens (tertiary/aromatic N) is 1. The molecule has 13 heavy (non-hydrogen) atoms. The van der Waals surface area contributed by atoms with Crippen LogP contribution in [-0.4, -0.2) is 41.8 Å². The summed E-state index contributed by atoms with van der Waals surface area (Å²) < 4.78 is 0. The van der Waals surface area contributed by atoms with Gasteiger partial charge in [-0.1, -0.05) is 0 Å². The molecule has 0 amide bonds. The quantitative estimate of drug-likeness (QED) is 0.662. The summed E-state index contributed by atoms with van der Waals surface area (Å²) in [6.45, 7) is 8.77. The highest BCUT2D eigenvalue weighted by atomic mass is 16.3. The molecule has 1 rings (SSSR count). The second-order valence-electron chi connectivity index (χ2n) is 4.18. The lowest BCUT2D eigenvalue weighted by atomic mass is 9.92. The van der Waals surface area contributed by atoms with Crippen LogP contribution in [0, 0.1) is 12.8 Å². The first-order valence-electron chi connectivity index (χ1n) is 5.08. The molecule has 1 radical (unpaired) electrons. The first-order valence-corrected chi connectivity index (χ1v) is 5.08. The lowest BCUT2D eigenvalue weighted by Gasteiger charge is -2.33. The van der Waals surface area contributed by atoms with Crippen LogP contribution in [0.15, 0.2) is 0 Å². The Morgan fingerprint density at radius 2 is 2.08 bits per heavy atom. The average Bonchev–Trinajstić information content (AvgIpc) is 2.04. The zero-order chi connectivity index (χ0) is 9.84. The van der Waals surface area contributed by atoms with Crippen LogP contribution in [0.2, 0.25) is 0 Å². The molecule has 0 bridgehead atoms. The lowest BCUT2D eigenvalue weighted by Crippen LogP contribution is -2.42. The fraction of sp³-hybridized carbons (Fsp3) is 0.900. The van der Waals surface area contributed by atoms with Crippen molar-refractivity contribution in [2.75, 3.05) is 19.6 Å². The second-order valence-corrected chi connectivity index (χ2v) is 4.18. The molecule has 1 saturated heterocycles. The van der Waals surface area contributed by atoms with E-state index >= 15 is 0 Å². The molecule has 3 nitrogen and oxygen atoms in total. The number of hydrogen-bond donors (Lipinski definition) is 2. The third kappa shape index (κ3) is 3.63. The fourth-order valence-corrected chi connectivity index (χ4v) is 1.93. The highest BCUT2D eigenvalue weighted by Crippen LogP contribution is 2.19. The van der Waals surface area contributed by atoms with Gasteiger partial charge in [-0.2, -0.15) is 0 Å². The summed E-state index contributed by atoms with van der Waals surface area (Å²) in [5.41, 5.74) is 5.71. The smallest absolute Gasteiger partial charge is 0.0570 e. The summed E-state index contributed by atoms with van der Waals surface area (Å²) in [4.78, 5) is 2.36. The minimum atomic E-state index is -0.391. The molecule has 77 valence electrons. The van der Waals surface area contributed by atoms with Crippen molar-refractivity contribution in [3.05, 3.63) is 6.92 Å². The van der Waals surface area contributed by atoms with E-state index in [1.807, 2.05) is 6.92 Å². The van der Waals surface area contributed by atoms with Crippen LogP contribution in [0.25, 0.3) is 0 Å². The normalized spacial score (nSPS) is 25.8. The van der Waals surface area contributed by atoms with Crippen LogP contribution >= 0.6 is 0 Å². The van der Waals surface area contributed by atoms with Gasteiger partial charge in [-0.3, -0.25) is 0 Å². The van der Waals surface area contributed by atoms with E-state index in [1.165, 1.54) is 0 Å². The maximum atomic E-state index is 9.29. The van der Waals surface area contributed by atoms with Crippen molar-refractivity contribution in [3.63, 3.8) is 0 Å². The van der Waals surface area contributed by atoms with E-state index in [-0.39, 0.29) is 6.04 Å². The van der Waals surface area contributed by atoms with Gasteiger partial charge in [-0.15, -0.1) is 0 Å². The van der Waals surface area contributed by atoms with Crippen molar-refractivity contribution in [2.24, 2.45) is 11.7 Å². The van der Waals surface area contributed by atoms with Crippen molar-refractivity contribution in [3.8, 4) is 0 Å². The van der Waals surface area contributed by atoms with E-state index in [1.54, 1.807) is 0 Å². The number of hydrogen-bond acceptors (Lipinski definition) is 3. The summed E-state index contributed by atoms with van der Waals surface area (Å²) in [5, 5.41) is 9.29. The van der Waals surface area contributed by atoms with Gasteiger partial charge < -0.3 is 15.7 Å². The predicted molar refractivity (Wildman–Crippen MR) is 54.2 cm³/mol. The molecular weight excluding hydrogens is 164 g/mol. The maximum Gasteiger partial charge on any atom is 0.0570 e. The van der Waals surface area contributed by atoms with E-state index in [0.717, 1.165) is 32.5 Å². The maximum absolute atomic E-state index is 9.29. The van der Waals surface area contributed by atoms with Crippen molar-refractivity contribution in [2.45, 2.75) is 31.9 Å². The van der Waals surface area contributed by atoms with E-state index in [4.69, 9.17) is 5.73 Å². The lowest BCUT2D eigenvalue weighted by molar-refractivity contribution is 0.0862. The van der Waals surface area contributed by atoms with Gasteiger partial charge in [0, 0.05) is 12.6 Å². The fourth-order valence-electron chi connectivity index (χ4n) is 1.93. The third-order valence-electron chi connectivity index (χ3n) is 2.72. The molecule has 0 aromatic carbocycles. The predicted octanol–water partition coefficient (Wildman–Crippen LogP) is 0.241. The van der Waals surface area contributed by atoms with E-state index < -0.39 is 6.10 Å². The summed E-state index contributed by atoms with van der Waals surface area (Å²) in [6, 6.07) is 0.251. The third-order valence-corrected chi connectivity index (χ3v) is 2.72. The Balaban J connectivity index is 2.22. The topological polar surface area (TPSA) is 49.5 Å². The number of likely N-dealkylation sites (tertiary alicyclic amines) is 1. The molecule has 3 heteroatoms. The average molecular weight is 185 g/mol. The van der Waals surface area contributed by atoms with Gasteiger partial charge >= 0.3 is 0 Å². The zero-order valence-corrected chi connectivity index (χ0v) is 8.45. The van der Waals surface area contributed by atoms with Gasteiger partial charge in [-0.25, -0.2) is 0 Å². The van der Waals surface area contributed by atoms with E-state index in [0.29, 0.717) is 5.92 Å². The van der Waals surface area contributed by atoms with Crippen LogP contribution < -0.4 is 5.73 Å². The number of nitrogens with two attached hydrogens (primary N) is 1. The van der Waals surface area contributed by atoms with Gasteiger partial charge in [0.2, 0.25) is 0 Å². The van der Waals surface area contributed by atoms with Crippen molar-refractivity contribution in [1.82, 2.24) is 4.90 Å². The summed E-state index contributed by atoms with van der Waals surface area (Å²) >= 11 is 0. The minimum absolute atomic E-state index is 0.251. The van der Waals surface area contributed by atoms with Crippen molar-refractivity contribution < 1.29 is 5.11 Å². The molecule has 1 aliphatic heterocycles. The molecule has 1 heterocycles. The van der Waals surface area contributed by atoms with Gasteiger partial charge in [0.15, 0.2) is 0 Å². The van der Waals surface area contributed by atoms with Crippen molar-refractivity contribution >= 4 is 0 Å². The van der Waals surface area contributed by atoms with Crippen LogP contribution in [0.3, 0.4) is 0 Å². The van der Waals surface area contributed by atoms with Gasteiger partial charge in [-0.05, 0) is 45.7 Å². The summed E-state index contributed by atoms with van der Waals surface area (Å²) in [5.74, 6) is 0.393. The molecule has 0 aromatic heterocycles. The largest absolute Gasteiger partial charge is 0.393 e. The van der Waals surface area contributed by atoms with Gasteiger partial charge in [0.25, 0.3) is 0 Å². The number of aliphatic hydroxyl groups excluding tert-OH is 1. The molecule has 0 saturated carbocycles. The zero-order valence-electron chi connectivity index (χ0n) is 8.45. The summed E-state index contributed by atoms with van der Waals surface area (Å²) in [6.07, 6.45) is 1.71. The Kier molecular flexibility index (Phi) is 4.16. The molecule has 1 fully saturated rings. The number of rotatable bonds is 3. The SMILES string of the molecule is [CH2]C(O)C1CCN(CC(C)N)CC1. The number of piperidine rings is 1. The molecule has 0 aliphatic carbocycles. The molecule has 0 aromatic rings. The first kappa shape index (κ1) is 11.0. The van der Waals surface area contributed by atoms with Gasteiger partial charge in [0.1, 0.15) is 0 Å². The minimum Gasteiger partial charge on any atom is -0.393 e. The molecule has 0 spiro atoms. The highest BCUT2D eigenvalue weighted by molar-refractivity contribution is 4.79. The van der Waals surface area contributed by atoms with Gasteiger partial charge in [0.05, 0.1) is 6.10 Å². The Morgan fingerprint density at radius 1 is 1.54 bits per heavy atom. The Labute approximate surface area is 80.9 Å². The number of aliphatic hydroxyl groups is 1. The first-order chi connectivity index (χ1) is 6.09. The molecule has 2 unspecified atom stereocenters. The summed E-state index contributed by atoms with van der Waals surface area (Å²) in [7, 11) is 0. The van der Waals surface area contributed by atoms with Crippen LogP contribution in [0.4, 0.5) is 0 Å². The Bertz CT molecular complexity index is 140. The van der Waals surface area contributed by atoms with Crippen LogP contribution in [0.5, 0.6) is 0 Å². The van der Waals surface area contributed by atoms with E-state index in [9.17, 15) is 5.11 Å². The van der Waals surface area contributed by atoms with E-state index in [2.05, 4.69) is 11.8 Å². The Morgan fingerprint density at radius 3 is 2.46 bits per heavy atom. The van der Waals surface area contributed by atoms with Crippen LogP contribution in [0.1, 0.15) is 19.8 Å². The van der Waals surface area contributed by atoms with Crippen LogP contribution in [-0.2, 0) is 0 Å². The van der Waals surface area contributed by atoms with Crippen molar-refractivity contribution in [1.29, 1.82) is 0 Å². The molecule has 3 N–H and O–H groups in total. The highest BCUT2D eigenvalue weighted by Gasteiger charge is 2.22. The Hall–Kier alpha value is -0.120. The second kappa shape index (κ2) is 4.94.